The van der Waals surface area contributed by atoms with Gasteiger partial charge in [0.25, 0.3) is 0 Å². The fraction of sp³-hybridized carbons (Fsp3) is 0.0800. The summed E-state index contributed by atoms with van der Waals surface area (Å²) in [5, 5.41) is 1.28. The van der Waals surface area contributed by atoms with Gasteiger partial charge in [0.15, 0.2) is 0 Å². The standard InChI is InChI=1S/C25H19N/c1-16-6-9-18(10-7-16)19-4-3-5-20(14-19)24-15-21-11-12-22-17(2)8-13-23(26-24)25(21)22/h3-15H,1-2H3. The maximum atomic E-state index is 4.96. The molecule has 124 valence electrons. The number of hydrogen-bond acceptors (Lipinski definition) is 1. The highest BCUT2D eigenvalue weighted by molar-refractivity contribution is 6.05. The first-order valence-corrected chi connectivity index (χ1v) is 8.99. The highest BCUT2D eigenvalue weighted by Gasteiger charge is 2.14. The largest absolute Gasteiger partial charge is 0.248 e. The van der Waals surface area contributed by atoms with Crippen molar-refractivity contribution in [2.24, 2.45) is 0 Å². The Morgan fingerprint density at radius 3 is 2.35 bits per heavy atom. The molecule has 26 heavy (non-hydrogen) atoms. The number of aromatic nitrogens is 1. The molecule has 5 rings (SSSR count). The molecule has 1 nitrogen and oxygen atoms in total. The van der Waals surface area contributed by atoms with E-state index in [-0.39, 0.29) is 0 Å². The molecular weight excluding hydrogens is 314 g/mol. The molecule has 0 radical (unpaired) electrons. The zero-order chi connectivity index (χ0) is 17.7. The molecule has 0 unspecified atom stereocenters. The van der Waals surface area contributed by atoms with Crippen molar-refractivity contribution in [3.05, 3.63) is 89.0 Å². The lowest BCUT2D eigenvalue weighted by atomic mass is 9.99. The summed E-state index contributed by atoms with van der Waals surface area (Å²) in [7, 11) is 0. The van der Waals surface area contributed by atoms with Gasteiger partial charge >= 0.3 is 0 Å². The minimum absolute atomic E-state index is 1.03. The number of nitrogens with zero attached hydrogens (tertiary/aromatic N) is 1. The van der Waals surface area contributed by atoms with Crippen LogP contribution in [0.3, 0.4) is 0 Å². The van der Waals surface area contributed by atoms with Crippen LogP contribution >= 0.6 is 0 Å². The van der Waals surface area contributed by atoms with Crippen LogP contribution in [0.25, 0.3) is 45.4 Å². The van der Waals surface area contributed by atoms with Gasteiger partial charge in [-0.15, -0.1) is 0 Å². The average Bonchev–Trinajstić information content (AvgIpc) is 3.11. The molecule has 1 aromatic heterocycles. The van der Waals surface area contributed by atoms with Crippen molar-refractivity contribution in [3.8, 4) is 22.4 Å². The molecule has 1 heterocycles. The fourth-order valence-electron chi connectivity index (χ4n) is 3.76. The number of aryl methyl sites for hydroxylation is 2. The summed E-state index contributed by atoms with van der Waals surface area (Å²) in [4.78, 5) is 4.96. The Kier molecular flexibility index (Phi) is 3.29. The van der Waals surface area contributed by atoms with E-state index in [0.717, 1.165) is 16.8 Å². The molecule has 0 N–H and O–H groups in total. The van der Waals surface area contributed by atoms with Gasteiger partial charge in [-0.1, -0.05) is 66.2 Å². The molecule has 3 aromatic carbocycles. The average molecular weight is 333 g/mol. The molecule has 0 saturated carbocycles. The minimum Gasteiger partial charge on any atom is -0.248 e. The van der Waals surface area contributed by atoms with Gasteiger partial charge in [0, 0.05) is 10.9 Å². The van der Waals surface area contributed by atoms with Crippen molar-refractivity contribution in [1.82, 2.24) is 4.98 Å². The van der Waals surface area contributed by atoms with Crippen LogP contribution in [0.1, 0.15) is 22.3 Å². The Labute approximate surface area is 153 Å². The number of pyridine rings is 1. The molecule has 1 heteroatoms. The minimum atomic E-state index is 1.03. The summed E-state index contributed by atoms with van der Waals surface area (Å²) >= 11 is 0. The van der Waals surface area contributed by atoms with Crippen molar-refractivity contribution < 1.29 is 0 Å². The quantitative estimate of drug-likeness (QED) is 0.351. The summed E-state index contributed by atoms with van der Waals surface area (Å²) in [6.07, 6.45) is 4.42. The second-order valence-electron chi connectivity index (χ2n) is 7.07. The van der Waals surface area contributed by atoms with E-state index >= 15 is 0 Å². The van der Waals surface area contributed by atoms with Gasteiger partial charge in [-0.05, 0) is 59.9 Å². The topological polar surface area (TPSA) is 12.9 Å². The molecular formula is C25H19N. The molecule has 0 spiro atoms. The fourth-order valence-corrected chi connectivity index (χ4v) is 3.76. The molecule has 0 amide bonds. The van der Waals surface area contributed by atoms with Gasteiger partial charge in [-0.25, -0.2) is 4.98 Å². The Morgan fingerprint density at radius 1 is 0.692 bits per heavy atom. The van der Waals surface area contributed by atoms with Gasteiger partial charge in [0.1, 0.15) is 0 Å². The van der Waals surface area contributed by atoms with Crippen LogP contribution in [0.2, 0.25) is 0 Å². The van der Waals surface area contributed by atoms with Crippen molar-refractivity contribution in [2.45, 2.75) is 13.8 Å². The number of hydrogen-bond donors (Lipinski definition) is 0. The lowest BCUT2D eigenvalue weighted by molar-refractivity contribution is 1.38. The molecule has 1 aliphatic carbocycles. The van der Waals surface area contributed by atoms with Crippen LogP contribution < -0.4 is 0 Å². The smallest absolute Gasteiger partial charge is 0.0721 e. The monoisotopic (exact) mass is 333 g/mol. The third-order valence-electron chi connectivity index (χ3n) is 5.24. The maximum Gasteiger partial charge on any atom is 0.0721 e. The van der Waals surface area contributed by atoms with Crippen LogP contribution in [0, 0.1) is 13.8 Å². The lowest BCUT2D eigenvalue weighted by Crippen LogP contribution is -1.90. The lowest BCUT2D eigenvalue weighted by Gasteiger charge is -2.10. The molecule has 0 saturated heterocycles. The van der Waals surface area contributed by atoms with E-state index in [1.807, 2.05) is 0 Å². The maximum absolute atomic E-state index is 4.96. The molecule has 0 atom stereocenters. The van der Waals surface area contributed by atoms with Crippen LogP contribution in [-0.2, 0) is 0 Å². The second-order valence-corrected chi connectivity index (χ2v) is 7.07. The number of benzene rings is 3. The van der Waals surface area contributed by atoms with Crippen molar-refractivity contribution in [1.29, 1.82) is 0 Å². The summed E-state index contributed by atoms with van der Waals surface area (Å²) in [6.45, 7) is 4.28. The van der Waals surface area contributed by atoms with E-state index in [1.165, 1.54) is 38.8 Å². The summed E-state index contributed by atoms with van der Waals surface area (Å²) < 4.78 is 0. The van der Waals surface area contributed by atoms with Crippen molar-refractivity contribution in [3.63, 3.8) is 0 Å². The second kappa shape index (κ2) is 5.67. The molecule has 1 aliphatic rings. The van der Waals surface area contributed by atoms with Crippen LogP contribution in [0.5, 0.6) is 0 Å². The summed E-state index contributed by atoms with van der Waals surface area (Å²) in [5.74, 6) is 0. The highest BCUT2D eigenvalue weighted by Crippen LogP contribution is 2.35. The van der Waals surface area contributed by atoms with Crippen LogP contribution in [0.15, 0.2) is 66.7 Å². The molecule has 0 fully saturated rings. The Morgan fingerprint density at radius 2 is 1.50 bits per heavy atom. The van der Waals surface area contributed by atoms with Gasteiger partial charge in [0.05, 0.1) is 11.2 Å². The normalized spacial score (nSPS) is 12.1. The Hall–Kier alpha value is -3.19. The van der Waals surface area contributed by atoms with E-state index < -0.39 is 0 Å². The van der Waals surface area contributed by atoms with Crippen molar-refractivity contribution in [2.75, 3.05) is 0 Å². The third kappa shape index (κ3) is 2.36. The SMILES string of the molecule is Cc1ccc(-c2cccc(-c3cc4c5c(c(C)ccc5n3)C=C4)c2)cc1. The first kappa shape index (κ1) is 15.1. The van der Waals surface area contributed by atoms with E-state index in [2.05, 4.69) is 92.7 Å². The summed E-state index contributed by atoms with van der Waals surface area (Å²) in [5.41, 5.74) is 10.9. The molecule has 0 bridgehead atoms. The Bertz CT molecular complexity index is 1180. The zero-order valence-electron chi connectivity index (χ0n) is 15.0. The van der Waals surface area contributed by atoms with Gasteiger partial charge in [0.2, 0.25) is 0 Å². The summed E-state index contributed by atoms with van der Waals surface area (Å²) in [6, 6.07) is 23.8. The van der Waals surface area contributed by atoms with Crippen molar-refractivity contribution >= 4 is 23.1 Å². The Balaban J connectivity index is 1.65. The van der Waals surface area contributed by atoms with Gasteiger partial charge in [-0.3, -0.25) is 0 Å². The van der Waals surface area contributed by atoms with E-state index in [4.69, 9.17) is 4.98 Å². The molecule has 0 aliphatic heterocycles. The molecule has 4 aromatic rings. The predicted octanol–water partition coefficient (Wildman–Crippen LogP) is 6.67. The van der Waals surface area contributed by atoms with E-state index in [1.54, 1.807) is 0 Å². The van der Waals surface area contributed by atoms with Gasteiger partial charge in [-0.2, -0.15) is 0 Å². The zero-order valence-corrected chi connectivity index (χ0v) is 15.0. The predicted molar refractivity (Wildman–Crippen MR) is 111 cm³/mol. The third-order valence-corrected chi connectivity index (χ3v) is 5.24. The van der Waals surface area contributed by atoms with Crippen LogP contribution in [0.4, 0.5) is 0 Å². The van der Waals surface area contributed by atoms with Crippen LogP contribution in [-0.4, -0.2) is 4.98 Å². The van der Waals surface area contributed by atoms with E-state index in [9.17, 15) is 0 Å². The van der Waals surface area contributed by atoms with Gasteiger partial charge < -0.3 is 0 Å². The highest BCUT2D eigenvalue weighted by atomic mass is 14.7. The first-order valence-electron chi connectivity index (χ1n) is 8.99. The van der Waals surface area contributed by atoms with E-state index in [0.29, 0.717) is 0 Å². The first-order chi connectivity index (χ1) is 12.7. The number of rotatable bonds is 2.